The molecule has 0 atom stereocenters. The lowest BCUT2D eigenvalue weighted by atomic mass is 10.0. The van der Waals surface area contributed by atoms with Crippen LogP contribution in [0.5, 0.6) is 0 Å². The van der Waals surface area contributed by atoms with Crippen LogP contribution in [-0.4, -0.2) is 0 Å². The van der Waals surface area contributed by atoms with Gasteiger partial charge in [0.1, 0.15) is 0 Å². The highest BCUT2D eigenvalue weighted by molar-refractivity contribution is 7.15. The van der Waals surface area contributed by atoms with Crippen molar-refractivity contribution in [2.75, 3.05) is 0 Å². The minimum Gasteiger partial charge on any atom is -0.141 e. The number of thiophene rings is 1. The molecule has 1 heteroatoms. The Kier molecular flexibility index (Phi) is 3.45. The monoisotopic (exact) mass is 229 g/mol. The molecule has 0 bridgehead atoms. The van der Waals surface area contributed by atoms with Gasteiger partial charge in [-0.25, -0.2) is 0 Å². The van der Waals surface area contributed by atoms with Gasteiger partial charge < -0.3 is 0 Å². The summed E-state index contributed by atoms with van der Waals surface area (Å²) in [6.45, 7) is 6.57. The van der Waals surface area contributed by atoms with Crippen LogP contribution in [0, 0.1) is 19.3 Å². The smallest absolute Gasteiger partial charge is 0.0345 e. The molecule has 0 N–H and O–H groups in total. The molecule has 0 saturated carbocycles. The van der Waals surface area contributed by atoms with Crippen molar-refractivity contribution in [2.24, 2.45) is 5.92 Å². The predicted molar refractivity (Wildman–Crippen MR) is 72.7 cm³/mol. The summed E-state index contributed by atoms with van der Waals surface area (Å²) in [6, 6.07) is 13.1. The molecule has 0 unspecified atom stereocenters. The summed E-state index contributed by atoms with van der Waals surface area (Å²) >= 11 is 1.85. The number of benzene rings is 1. The zero-order valence-electron chi connectivity index (χ0n) is 10.0. The Bertz CT molecular complexity index is 466. The largest absolute Gasteiger partial charge is 0.141 e. The van der Waals surface area contributed by atoms with E-state index in [1.165, 1.54) is 20.9 Å². The summed E-state index contributed by atoms with van der Waals surface area (Å²) in [5, 5.41) is 0. The Labute approximate surface area is 102 Å². The molecule has 2 aromatic rings. The average molecular weight is 229 g/mol. The van der Waals surface area contributed by atoms with Gasteiger partial charge in [-0.3, -0.25) is 0 Å². The van der Waals surface area contributed by atoms with Crippen LogP contribution in [0.2, 0.25) is 0 Å². The van der Waals surface area contributed by atoms with Crippen LogP contribution in [0.4, 0.5) is 0 Å². The van der Waals surface area contributed by atoms with E-state index in [4.69, 9.17) is 0 Å². The van der Waals surface area contributed by atoms with Crippen LogP contribution in [0.15, 0.2) is 36.4 Å². The van der Waals surface area contributed by atoms with E-state index in [1.807, 2.05) is 11.3 Å². The molecule has 1 heterocycles. The first-order valence-electron chi connectivity index (χ1n) is 5.67. The summed E-state index contributed by atoms with van der Waals surface area (Å²) in [4.78, 5) is 2.73. The Morgan fingerprint density at radius 1 is 1.12 bits per heavy atom. The summed E-state index contributed by atoms with van der Waals surface area (Å²) in [6.07, 6.45) is 2.30. The Hall–Kier alpha value is -1.08. The molecule has 83 valence electrons. The third-order valence-electron chi connectivity index (χ3n) is 2.44. The van der Waals surface area contributed by atoms with Crippen molar-refractivity contribution >= 4 is 11.3 Å². The minimum atomic E-state index is 0.598. The lowest BCUT2D eigenvalue weighted by Crippen LogP contribution is -1.90. The molecule has 1 radical (unpaired) electrons. The lowest BCUT2D eigenvalue weighted by molar-refractivity contribution is 0.777. The summed E-state index contributed by atoms with van der Waals surface area (Å²) < 4.78 is 0. The van der Waals surface area contributed by atoms with Crippen LogP contribution in [0.3, 0.4) is 0 Å². The van der Waals surface area contributed by atoms with Crippen molar-refractivity contribution in [3.63, 3.8) is 0 Å². The van der Waals surface area contributed by atoms with E-state index in [9.17, 15) is 0 Å². The second-order valence-corrected chi connectivity index (χ2v) is 5.73. The van der Waals surface area contributed by atoms with Gasteiger partial charge in [0.15, 0.2) is 0 Å². The molecule has 0 spiro atoms. The molecule has 0 nitrogen and oxygen atoms in total. The quantitative estimate of drug-likeness (QED) is 0.700. The number of rotatable bonds is 3. The Morgan fingerprint density at radius 2 is 1.94 bits per heavy atom. The third-order valence-corrected chi connectivity index (χ3v) is 3.49. The first-order valence-corrected chi connectivity index (χ1v) is 6.48. The van der Waals surface area contributed by atoms with Crippen LogP contribution in [0.1, 0.15) is 24.3 Å². The van der Waals surface area contributed by atoms with Crippen molar-refractivity contribution in [2.45, 2.75) is 20.8 Å². The maximum Gasteiger partial charge on any atom is 0.0345 e. The topological polar surface area (TPSA) is 0 Å². The van der Waals surface area contributed by atoms with Crippen LogP contribution in [0.25, 0.3) is 10.4 Å². The number of hydrogen-bond acceptors (Lipinski definition) is 1. The van der Waals surface area contributed by atoms with Crippen molar-refractivity contribution in [1.29, 1.82) is 0 Å². The molecule has 1 aromatic heterocycles. The van der Waals surface area contributed by atoms with Gasteiger partial charge in [-0.05, 0) is 42.5 Å². The molecule has 0 aliphatic carbocycles. The van der Waals surface area contributed by atoms with Crippen LogP contribution >= 0.6 is 11.3 Å². The van der Waals surface area contributed by atoms with E-state index in [0.29, 0.717) is 5.92 Å². The number of aryl methyl sites for hydroxylation is 1. The SMILES string of the molecule is Cc1ccc(-c2cccc([CH]C(C)C)c2)s1. The first-order chi connectivity index (χ1) is 7.65. The minimum absolute atomic E-state index is 0.598. The van der Waals surface area contributed by atoms with Gasteiger partial charge in [0.05, 0.1) is 0 Å². The molecule has 0 aliphatic heterocycles. The van der Waals surface area contributed by atoms with Crippen LogP contribution < -0.4 is 0 Å². The highest BCUT2D eigenvalue weighted by Gasteiger charge is 2.03. The van der Waals surface area contributed by atoms with E-state index < -0.39 is 0 Å². The van der Waals surface area contributed by atoms with E-state index in [-0.39, 0.29) is 0 Å². The molecule has 0 saturated heterocycles. The van der Waals surface area contributed by atoms with Crippen molar-refractivity contribution in [1.82, 2.24) is 0 Å². The fraction of sp³-hybridized carbons (Fsp3) is 0.267. The molecule has 1 aromatic carbocycles. The van der Waals surface area contributed by atoms with Gasteiger partial charge in [0, 0.05) is 9.75 Å². The molecular weight excluding hydrogens is 212 g/mol. The maximum atomic E-state index is 2.30. The van der Waals surface area contributed by atoms with Gasteiger partial charge in [-0.1, -0.05) is 38.1 Å². The summed E-state index contributed by atoms with van der Waals surface area (Å²) in [5.41, 5.74) is 2.64. The molecule has 16 heavy (non-hydrogen) atoms. The fourth-order valence-corrected chi connectivity index (χ4v) is 2.63. The normalized spacial score (nSPS) is 11.0. The third kappa shape index (κ3) is 2.73. The molecule has 0 aliphatic rings. The van der Waals surface area contributed by atoms with E-state index in [2.05, 4.69) is 63.6 Å². The summed E-state index contributed by atoms with van der Waals surface area (Å²) in [5.74, 6) is 0.598. The Balaban J connectivity index is 2.28. The van der Waals surface area contributed by atoms with Gasteiger partial charge in [0.2, 0.25) is 0 Å². The van der Waals surface area contributed by atoms with E-state index in [1.54, 1.807) is 0 Å². The number of hydrogen-bond donors (Lipinski definition) is 0. The predicted octanol–water partition coefficient (Wildman–Crippen LogP) is 4.93. The standard InChI is InChI=1S/C15H17S/c1-11(2)9-13-5-4-6-14(10-13)15-8-7-12(3)16-15/h4-11H,1-3H3. The van der Waals surface area contributed by atoms with Gasteiger partial charge in [0.25, 0.3) is 0 Å². The maximum absolute atomic E-state index is 2.30. The fourth-order valence-electron chi connectivity index (χ4n) is 1.77. The van der Waals surface area contributed by atoms with E-state index in [0.717, 1.165) is 0 Å². The Morgan fingerprint density at radius 3 is 2.56 bits per heavy atom. The average Bonchev–Trinajstić information content (AvgIpc) is 2.64. The second-order valence-electron chi connectivity index (χ2n) is 4.45. The van der Waals surface area contributed by atoms with Gasteiger partial charge >= 0.3 is 0 Å². The van der Waals surface area contributed by atoms with Crippen molar-refractivity contribution < 1.29 is 0 Å². The lowest BCUT2D eigenvalue weighted by Gasteiger charge is -2.06. The van der Waals surface area contributed by atoms with Gasteiger partial charge in [-0.2, -0.15) is 0 Å². The molecule has 0 amide bonds. The van der Waals surface area contributed by atoms with Gasteiger partial charge in [-0.15, -0.1) is 11.3 Å². The summed E-state index contributed by atoms with van der Waals surface area (Å²) in [7, 11) is 0. The highest BCUT2D eigenvalue weighted by Crippen LogP contribution is 2.28. The van der Waals surface area contributed by atoms with E-state index >= 15 is 0 Å². The van der Waals surface area contributed by atoms with Crippen molar-refractivity contribution in [3.8, 4) is 10.4 Å². The second kappa shape index (κ2) is 4.84. The highest BCUT2D eigenvalue weighted by atomic mass is 32.1. The zero-order valence-corrected chi connectivity index (χ0v) is 10.8. The molecule has 2 rings (SSSR count). The van der Waals surface area contributed by atoms with Crippen molar-refractivity contribution in [3.05, 3.63) is 53.3 Å². The van der Waals surface area contributed by atoms with Crippen LogP contribution in [-0.2, 0) is 0 Å². The first kappa shape index (κ1) is 11.4. The molecular formula is C15H17S. The molecule has 0 fully saturated rings. The zero-order chi connectivity index (χ0) is 11.5.